The summed E-state index contributed by atoms with van der Waals surface area (Å²) >= 11 is 0. The van der Waals surface area contributed by atoms with E-state index in [9.17, 15) is 0 Å². The molecule has 10 heavy (non-hydrogen) atoms. The van der Waals surface area contributed by atoms with Gasteiger partial charge in [-0.1, -0.05) is 0 Å². The van der Waals surface area contributed by atoms with Gasteiger partial charge in [0.05, 0.1) is 0 Å². The molecule has 0 bridgehead atoms. The van der Waals surface area contributed by atoms with E-state index in [-0.39, 0.29) is 19.5 Å². The quantitative estimate of drug-likeness (QED) is 0.344. The predicted molar refractivity (Wildman–Crippen MR) is 27.5 cm³/mol. The van der Waals surface area contributed by atoms with Crippen LogP contribution in [0.15, 0.2) is 16.0 Å². The fraction of sp³-hybridized carbons (Fsp3) is 0. The van der Waals surface area contributed by atoms with Crippen LogP contribution in [0.1, 0.15) is 0 Å². The van der Waals surface area contributed by atoms with Crippen LogP contribution in [0, 0.1) is 30.3 Å². The summed E-state index contributed by atoms with van der Waals surface area (Å²) in [4.78, 5) is 24.0. The molecule has 10 heteroatoms. The third kappa shape index (κ3) is 167. The molecule has 0 saturated carbocycles. The Bertz CT molecular complexity index is 49.7. The van der Waals surface area contributed by atoms with E-state index in [1.54, 1.807) is 0 Å². The van der Waals surface area contributed by atoms with E-state index < -0.39 is 0 Å². The van der Waals surface area contributed by atoms with Gasteiger partial charge in [0, 0.05) is 0 Å². The summed E-state index contributed by atoms with van der Waals surface area (Å²) in [6.45, 7) is 0. The molecule has 0 fully saturated rings. The van der Waals surface area contributed by atoms with Crippen LogP contribution in [0.4, 0.5) is 0 Å². The monoisotopic (exact) mass is 240 g/mol. The van der Waals surface area contributed by atoms with Gasteiger partial charge in [0.2, 0.25) is 0 Å². The van der Waals surface area contributed by atoms with Crippen LogP contribution in [0.25, 0.3) is 0 Å². The minimum absolute atomic E-state index is 0. The molecule has 1 radical (unpaired) electrons. The molecule has 0 rings (SSSR count). The largest absolute Gasteiger partial charge is 3.00 e. The average molecular weight is 239 g/mol. The molecule has 0 aliphatic carbocycles. The van der Waals surface area contributed by atoms with E-state index in [1.165, 1.54) is 0 Å². The first-order chi connectivity index (χ1) is 4.24. The van der Waals surface area contributed by atoms with Gasteiger partial charge in [-0.3, -0.25) is 0 Å². The molecule has 0 spiro atoms. The second-order valence-corrected chi connectivity index (χ2v) is 0.224. The van der Waals surface area contributed by atoms with E-state index in [4.69, 9.17) is 30.3 Å². The van der Waals surface area contributed by atoms with Crippen molar-refractivity contribution in [2.45, 2.75) is 0 Å². The van der Waals surface area contributed by atoms with E-state index in [0.717, 1.165) is 16.0 Å². The molecule has 0 aliphatic rings. The van der Waals surface area contributed by atoms with E-state index in [0.29, 0.717) is 0 Å². The van der Waals surface area contributed by atoms with E-state index >= 15 is 0 Å². The number of rotatable bonds is 0. The maximum absolute atomic E-state index is 8.00. The van der Waals surface area contributed by atoms with E-state index in [1.807, 2.05) is 0 Å². The number of nitrogens with zero attached hydrogens (tertiary/aromatic N) is 3. The fourth-order valence-corrected chi connectivity index (χ4v) is 0. The summed E-state index contributed by atoms with van der Waals surface area (Å²) in [6.07, 6.45) is 0. The van der Waals surface area contributed by atoms with Crippen LogP contribution in [0.2, 0.25) is 0 Å². The van der Waals surface area contributed by atoms with Gasteiger partial charge in [-0.25, -0.2) is 0 Å². The van der Waals surface area contributed by atoms with Gasteiger partial charge in [-0.2, -0.15) is 0 Å². The molecule has 0 aromatic heterocycles. The van der Waals surface area contributed by atoms with Crippen LogP contribution in [0.3, 0.4) is 0 Å². The zero-order valence-corrected chi connectivity index (χ0v) is 5.88. The molecule has 0 amide bonds. The second-order valence-electron chi connectivity index (χ2n) is 0.224. The third-order valence-corrected chi connectivity index (χ3v) is 0. The standard InChI is InChI=1S/3HNO2.Ru/c3*2-1-3;/h3*(H,2,3);/q;;;+3/p-3. The van der Waals surface area contributed by atoms with Crippen molar-refractivity contribution in [3.63, 3.8) is 0 Å². The number of hydrogen-bond acceptors (Lipinski definition) is 9. The molecular formula is N3O6Ru. The smallest absolute Gasteiger partial charge is 0.444 e. The fourth-order valence-electron chi connectivity index (χ4n) is 0. The van der Waals surface area contributed by atoms with Crippen molar-refractivity contribution in [2.75, 3.05) is 0 Å². The summed E-state index contributed by atoms with van der Waals surface area (Å²) < 4.78 is 0. The van der Waals surface area contributed by atoms with Crippen molar-refractivity contribution < 1.29 is 19.5 Å². The van der Waals surface area contributed by atoms with Crippen molar-refractivity contribution in [3.8, 4) is 0 Å². The minimum Gasteiger partial charge on any atom is -0.444 e. The zero-order valence-electron chi connectivity index (χ0n) is 4.14. The van der Waals surface area contributed by atoms with Gasteiger partial charge < -0.3 is 30.3 Å². The van der Waals surface area contributed by atoms with Crippen molar-refractivity contribution in [1.29, 1.82) is 0 Å². The topological polar surface area (TPSA) is 157 Å². The first kappa shape index (κ1) is 23.2. The normalized spacial score (nSPS) is 3.60. The Morgan fingerprint density at radius 1 is 0.700 bits per heavy atom. The first-order valence-electron chi connectivity index (χ1n) is 1.10. The van der Waals surface area contributed by atoms with Gasteiger partial charge in [0.25, 0.3) is 0 Å². The molecule has 0 atom stereocenters. The molecule has 0 heterocycles. The Morgan fingerprint density at radius 3 is 0.700 bits per heavy atom. The molecule has 59 valence electrons. The molecular weight excluding hydrogens is 239 g/mol. The van der Waals surface area contributed by atoms with E-state index in [2.05, 4.69) is 0 Å². The van der Waals surface area contributed by atoms with Crippen molar-refractivity contribution in [1.82, 2.24) is 0 Å². The minimum atomic E-state index is 0. The third-order valence-electron chi connectivity index (χ3n) is 0. The van der Waals surface area contributed by atoms with Gasteiger partial charge in [-0.05, 0) is 0 Å². The second kappa shape index (κ2) is 110. The summed E-state index contributed by atoms with van der Waals surface area (Å²) in [5.74, 6) is 0. The van der Waals surface area contributed by atoms with Crippen LogP contribution >= 0.6 is 0 Å². The molecule has 0 aromatic carbocycles. The Hall–Kier alpha value is -1.18. The predicted octanol–water partition coefficient (Wildman–Crippen LogP) is 0.749. The summed E-state index contributed by atoms with van der Waals surface area (Å²) in [6, 6.07) is 0. The number of hydrogen-bond donors (Lipinski definition) is 0. The Morgan fingerprint density at radius 2 is 0.700 bits per heavy atom. The molecule has 0 unspecified atom stereocenters. The average Bonchev–Trinajstić information content (AvgIpc) is 1.70. The molecule has 9 nitrogen and oxygen atoms in total. The van der Waals surface area contributed by atoms with Crippen molar-refractivity contribution >= 4 is 0 Å². The Kier molecular flexibility index (Phi) is 254. The summed E-state index contributed by atoms with van der Waals surface area (Å²) in [5, 5.41) is 27.0. The van der Waals surface area contributed by atoms with Crippen LogP contribution in [-0.4, -0.2) is 0 Å². The molecule has 0 N–H and O–H groups in total. The maximum atomic E-state index is 8.00. The van der Waals surface area contributed by atoms with Crippen molar-refractivity contribution in [3.05, 3.63) is 30.3 Å². The van der Waals surface area contributed by atoms with Crippen LogP contribution in [-0.2, 0) is 19.5 Å². The SMILES string of the molecule is O=N[O-].O=N[O-].O=N[O-].[Ru+3]. The van der Waals surface area contributed by atoms with Crippen LogP contribution in [0.5, 0.6) is 0 Å². The van der Waals surface area contributed by atoms with Crippen molar-refractivity contribution in [2.24, 2.45) is 16.0 Å². The van der Waals surface area contributed by atoms with Gasteiger partial charge >= 0.3 is 19.5 Å². The molecule has 0 saturated heterocycles. The summed E-state index contributed by atoms with van der Waals surface area (Å²) in [7, 11) is 0. The van der Waals surface area contributed by atoms with Gasteiger partial charge in [0.15, 0.2) is 0 Å². The van der Waals surface area contributed by atoms with Gasteiger partial charge in [-0.15, -0.1) is 16.0 Å². The first-order valence-corrected chi connectivity index (χ1v) is 1.10. The Balaban J connectivity index is -0.0000000257. The molecule has 0 aromatic rings. The van der Waals surface area contributed by atoms with Gasteiger partial charge in [0.1, 0.15) is 0 Å². The Labute approximate surface area is 66.6 Å². The molecule has 0 aliphatic heterocycles. The van der Waals surface area contributed by atoms with Crippen LogP contribution < -0.4 is 0 Å². The zero-order chi connectivity index (χ0) is 8.12. The summed E-state index contributed by atoms with van der Waals surface area (Å²) in [5.41, 5.74) is 0. The maximum Gasteiger partial charge on any atom is 3.00 e.